The molecule has 0 heterocycles. The predicted molar refractivity (Wildman–Crippen MR) is 177 cm³/mol. The van der Waals surface area contributed by atoms with Gasteiger partial charge in [0.25, 0.3) is 0 Å². The Bertz CT molecular complexity index is 1120. The van der Waals surface area contributed by atoms with Gasteiger partial charge in [-0.05, 0) is 0 Å². The van der Waals surface area contributed by atoms with E-state index in [-0.39, 0.29) is 111 Å². The molecule has 0 aromatic rings. The third-order valence-electron chi connectivity index (χ3n) is 6.88. The van der Waals surface area contributed by atoms with Crippen LogP contribution in [0.2, 0.25) is 0 Å². The van der Waals surface area contributed by atoms with Crippen molar-refractivity contribution < 1.29 is 86.5 Å². The van der Waals surface area contributed by atoms with Gasteiger partial charge in [0.1, 0.15) is 24.4 Å². The normalized spacial score (nSPS) is 13.3. The highest BCUT2D eigenvalue weighted by molar-refractivity contribution is 6.34. The molecule has 0 aliphatic carbocycles. The monoisotopic (exact) mass is 750 g/mol. The molecule has 0 aliphatic rings. The minimum absolute atomic E-state index is 0.000989. The van der Waals surface area contributed by atoms with E-state index in [9.17, 15) is 48.6 Å². The molecule has 0 radical (unpaired) electrons. The summed E-state index contributed by atoms with van der Waals surface area (Å²) in [4.78, 5) is 92.2. The van der Waals surface area contributed by atoms with Gasteiger partial charge in [-0.25, -0.2) is 19.2 Å². The van der Waals surface area contributed by atoms with Crippen LogP contribution in [-0.2, 0) is 76.3 Å². The van der Waals surface area contributed by atoms with E-state index in [0.717, 1.165) is 0 Å². The fraction of sp³-hybridized carbons (Fsp3) is 0.765. The van der Waals surface area contributed by atoms with Crippen LogP contribution in [0.4, 0.5) is 0 Å². The molecule has 0 spiro atoms. The Hall–Kier alpha value is -3.68. The first-order chi connectivity index (χ1) is 24.8. The molecule has 52 heavy (non-hydrogen) atoms. The summed E-state index contributed by atoms with van der Waals surface area (Å²) < 4.78 is 42.4. The van der Waals surface area contributed by atoms with E-state index >= 15 is 0 Å². The Balaban J connectivity index is 5.55. The van der Waals surface area contributed by atoms with Crippen molar-refractivity contribution in [2.75, 3.05) is 66.1 Å². The van der Waals surface area contributed by atoms with E-state index < -0.39 is 78.0 Å². The molecule has 0 aromatic heterocycles. The molecule has 4 atom stereocenters. The molecule has 0 aromatic carbocycles. The number of ketones is 4. The number of hydrogen-bond donors (Lipinski definition) is 2. The van der Waals surface area contributed by atoms with Crippen LogP contribution in [0.5, 0.6) is 0 Å². The van der Waals surface area contributed by atoms with Crippen LogP contribution in [-0.4, -0.2) is 148 Å². The van der Waals surface area contributed by atoms with Crippen LogP contribution >= 0.6 is 0 Å². The van der Waals surface area contributed by atoms with Gasteiger partial charge >= 0.3 is 23.9 Å². The Morgan fingerprint density at radius 1 is 0.442 bits per heavy atom. The maximum Gasteiger partial charge on any atom is 0.374 e. The number of ether oxygens (including phenoxy) is 8. The second kappa shape index (κ2) is 29.9. The van der Waals surface area contributed by atoms with Crippen LogP contribution in [0.1, 0.15) is 79.1 Å². The Labute approximate surface area is 303 Å². The van der Waals surface area contributed by atoms with E-state index in [1.807, 2.05) is 0 Å². The molecule has 0 bridgehead atoms. The van der Waals surface area contributed by atoms with Crippen LogP contribution < -0.4 is 0 Å². The average Bonchev–Trinajstić information content (AvgIpc) is 3.15. The van der Waals surface area contributed by atoms with Crippen molar-refractivity contribution in [3.8, 4) is 0 Å². The second-order valence-corrected chi connectivity index (χ2v) is 11.0. The largest absolute Gasteiger partial charge is 0.460 e. The van der Waals surface area contributed by atoms with Crippen molar-refractivity contribution in [3.63, 3.8) is 0 Å². The first kappa shape index (κ1) is 48.3. The topological polar surface area (TPSA) is 251 Å². The minimum atomic E-state index is -1.65. The molecule has 18 heteroatoms. The smallest absolute Gasteiger partial charge is 0.374 e. The van der Waals surface area contributed by atoms with E-state index in [0.29, 0.717) is 0 Å². The number of Topliss-reactive ketones (excluding diaryl/α,β-unsaturated/α-hetero) is 4. The van der Waals surface area contributed by atoms with E-state index in [2.05, 4.69) is 0 Å². The van der Waals surface area contributed by atoms with Crippen molar-refractivity contribution in [3.05, 3.63) is 0 Å². The summed E-state index contributed by atoms with van der Waals surface area (Å²) in [6.07, 6.45) is -5.00. The molecule has 2 N–H and O–H groups in total. The molecule has 0 saturated carbocycles. The Morgan fingerprint density at radius 2 is 0.769 bits per heavy atom. The van der Waals surface area contributed by atoms with Crippen LogP contribution in [0, 0.1) is 0 Å². The van der Waals surface area contributed by atoms with Crippen LogP contribution in [0.3, 0.4) is 0 Å². The van der Waals surface area contributed by atoms with Crippen LogP contribution in [0.25, 0.3) is 0 Å². The number of aliphatic hydroxyl groups is 2. The van der Waals surface area contributed by atoms with Gasteiger partial charge in [-0.15, -0.1) is 0 Å². The van der Waals surface area contributed by atoms with E-state index in [1.165, 1.54) is 27.7 Å². The van der Waals surface area contributed by atoms with E-state index in [1.54, 1.807) is 0 Å². The Morgan fingerprint density at radius 3 is 1.13 bits per heavy atom. The molecule has 0 amide bonds. The summed E-state index contributed by atoms with van der Waals surface area (Å²) in [6.45, 7) is 4.71. The maximum absolute atomic E-state index is 11.7. The standard InChI is InChI=1S/C34H54O18/c1-5-23(35)31(41)49-17-9-13-45-21-27(39)29(40)30(48-16-12-20-52-34(44)26(38)8-4)28(47-15-11-19-51-33(43)25(37)7-3)22-46-14-10-18-50-32(42)24(36)6-2/h27-30,39-40H,5-22H2,1-4H3. The summed E-state index contributed by atoms with van der Waals surface area (Å²) in [5, 5.41) is 22.0. The van der Waals surface area contributed by atoms with Gasteiger partial charge in [-0.3, -0.25) is 19.2 Å². The van der Waals surface area contributed by atoms with Crippen molar-refractivity contribution in [1.82, 2.24) is 0 Å². The number of rotatable bonds is 33. The molecular formula is C34H54O18. The number of aliphatic hydroxyl groups excluding tert-OH is 2. The van der Waals surface area contributed by atoms with Gasteiger partial charge in [0.15, 0.2) is 0 Å². The average molecular weight is 751 g/mol. The summed E-state index contributed by atoms with van der Waals surface area (Å²) in [5.41, 5.74) is 0. The van der Waals surface area contributed by atoms with Crippen molar-refractivity contribution in [2.45, 2.75) is 103 Å². The highest BCUT2D eigenvalue weighted by Gasteiger charge is 2.35. The van der Waals surface area contributed by atoms with Gasteiger partial charge in [-0.1, -0.05) is 27.7 Å². The zero-order valence-corrected chi connectivity index (χ0v) is 30.5. The zero-order chi connectivity index (χ0) is 39.3. The lowest BCUT2D eigenvalue weighted by atomic mass is 10.0. The number of carbonyl (C=O) groups excluding carboxylic acids is 8. The van der Waals surface area contributed by atoms with Gasteiger partial charge in [0, 0.05) is 64.6 Å². The minimum Gasteiger partial charge on any atom is -0.460 e. The van der Waals surface area contributed by atoms with Crippen molar-refractivity contribution in [1.29, 1.82) is 0 Å². The zero-order valence-electron chi connectivity index (χ0n) is 30.5. The van der Waals surface area contributed by atoms with Gasteiger partial charge in [0.05, 0.1) is 52.9 Å². The second-order valence-electron chi connectivity index (χ2n) is 11.0. The van der Waals surface area contributed by atoms with Gasteiger partial charge < -0.3 is 48.1 Å². The molecular weight excluding hydrogens is 696 g/mol. The SMILES string of the molecule is CCC(=O)C(=O)OCCCOCC(O)C(O)C(OCCCOC(=O)C(=O)CC)C(COCCCOC(=O)C(=O)CC)OCCCOC(=O)C(=O)CC. The molecule has 0 aliphatic heterocycles. The van der Waals surface area contributed by atoms with Crippen LogP contribution in [0.15, 0.2) is 0 Å². The fourth-order valence-electron chi connectivity index (χ4n) is 3.84. The number of carbonyl (C=O) groups is 8. The lowest BCUT2D eigenvalue weighted by Gasteiger charge is -2.33. The van der Waals surface area contributed by atoms with Gasteiger partial charge in [0.2, 0.25) is 23.1 Å². The first-order valence-electron chi connectivity index (χ1n) is 17.4. The lowest BCUT2D eigenvalue weighted by molar-refractivity contribution is -0.174. The molecule has 18 nitrogen and oxygen atoms in total. The summed E-state index contributed by atoms with van der Waals surface area (Å²) in [7, 11) is 0. The summed E-state index contributed by atoms with van der Waals surface area (Å²) in [5.74, 6) is -6.65. The third-order valence-corrected chi connectivity index (χ3v) is 6.88. The summed E-state index contributed by atoms with van der Waals surface area (Å²) >= 11 is 0. The lowest BCUT2D eigenvalue weighted by Crippen LogP contribution is -2.50. The number of hydrogen-bond acceptors (Lipinski definition) is 18. The van der Waals surface area contributed by atoms with E-state index in [4.69, 9.17) is 37.9 Å². The quantitative estimate of drug-likeness (QED) is 0.0392. The fourth-order valence-corrected chi connectivity index (χ4v) is 3.84. The Kier molecular flexibility index (Phi) is 27.7. The number of esters is 4. The maximum atomic E-state index is 11.7. The molecule has 4 unspecified atom stereocenters. The third kappa shape index (κ3) is 21.6. The first-order valence-corrected chi connectivity index (χ1v) is 17.4. The van der Waals surface area contributed by atoms with Crippen molar-refractivity contribution in [2.24, 2.45) is 0 Å². The molecule has 298 valence electrons. The highest BCUT2D eigenvalue weighted by atomic mass is 16.6. The summed E-state index contributed by atoms with van der Waals surface area (Å²) in [6, 6.07) is 0. The predicted octanol–water partition coefficient (Wildman–Crippen LogP) is 0.161. The highest BCUT2D eigenvalue weighted by Crippen LogP contribution is 2.16. The molecule has 0 rings (SSSR count). The van der Waals surface area contributed by atoms with Crippen molar-refractivity contribution >= 4 is 47.0 Å². The van der Waals surface area contributed by atoms with Gasteiger partial charge in [-0.2, -0.15) is 0 Å². The molecule has 0 saturated heterocycles. The molecule has 0 fully saturated rings.